The zero-order chi connectivity index (χ0) is 24.2. The first-order valence-electron chi connectivity index (χ1n) is 9.43. The molecule has 0 bridgehead atoms. The van der Waals surface area contributed by atoms with E-state index in [-0.39, 0.29) is 34.0 Å². The molecule has 8 nitrogen and oxygen atoms in total. The van der Waals surface area contributed by atoms with Gasteiger partial charge in [-0.15, -0.1) is 0 Å². The predicted octanol–water partition coefficient (Wildman–Crippen LogP) is 4.06. The van der Waals surface area contributed by atoms with E-state index < -0.39 is 24.7 Å². The normalized spacial score (nSPS) is 11.1. The first-order valence-corrected chi connectivity index (χ1v) is 9.43. The van der Waals surface area contributed by atoms with Crippen molar-refractivity contribution in [3.63, 3.8) is 0 Å². The molecule has 0 N–H and O–H groups in total. The maximum absolute atomic E-state index is 12.7. The summed E-state index contributed by atoms with van der Waals surface area (Å²) in [6.45, 7) is -1.51. The second-order valence-electron chi connectivity index (χ2n) is 6.57. The summed E-state index contributed by atoms with van der Waals surface area (Å²) in [6.07, 6.45) is -4.54. The minimum absolute atomic E-state index is 0.0264. The lowest BCUT2D eigenvalue weighted by molar-refractivity contribution is -0.153. The summed E-state index contributed by atoms with van der Waals surface area (Å²) in [6, 6.07) is 12.5. The van der Waals surface area contributed by atoms with E-state index >= 15 is 0 Å². The van der Waals surface area contributed by atoms with Gasteiger partial charge < -0.3 is 18.9 Å². The maximum Gasteiger partial charge on any atom is 0.422 e. The van der Waals surface area contributed by atoms with Gasteiger partial charge in [-0.25, -0.2) is 14.3 Å². The lowest BCUT2D eigenvalue weighted by Gasteiger charge is -2.13. The summed E-state index contributed by atoms with van der Waals surface area (Å²) in [7, 11) is 3.55. The average molecular weight is 464 g/mol. The Morgan fingerprint density at radius 3 is 2.18 bits per heavy atom. The number of rotatable bonds is 7. The Morgan fingerprint density at radius 1 is 0.939 bits per heavy atom. The van der Waals surface area contributed by atoms with Gasteiger partial charge in [0.05, 0.1) is 27.0 Å². The van der Waals surface area contributed by atoms with Gasteiger partial charge >= 0.3 is 18.1 Å². The third-order valence-electron chi connectivity index (χ3n) is 4.48. The number of ether oxygens (including phenoxy) is 4. The summed E-state index contributed by atoms with van der Waals surface area (Å²) >= 11 is 0. The number of benzene rings is 2. The van der Waals surface area contributed by atoms with Crippen LogP contribution in [0.2, 0.25) is 0 Å². The molecule has 2 aromatic carbocycles. The van der Waals surface area contributed by atoms with E-state index in [0.29, 0.717) is 5.69 Å². The van der Waals surface area contributed by atoms with E-state index in [0.717, 1.165) is 14.2 Å². The molecule has 0 radical (unpaired) electrons. The number of nitrogens with zero attached hydrogens (tertiary/aromatic N) is 2. The molecule has 0 aliphatic rings. The van der Waals surface area contributed by atoms with Gasteiger partial charge in [-0.3, -0.25) is 0 Å². The van der Waals surface area contributed by atoms with Gasteiger partial charge in [-0.2, -0.15) is 18.3 Å². The molecule has 0 unspecified atom stereocenters. The monoisotopic (exact) mass is 464 g/mol. The minimum atomic E-state index is -4.54. The molecule has 11 heteroatoms. The van der Waals surface area contributed by atoms with Crippen molar-refractivity contribution in [3.05, 3.63) is 59.8 Å². The van der Waals surface area contributed by atoms with Gasteiger partial charge in [0, 0.05) is 5.56 Å². The summed E-state index contributed by atoms with van der Waals surface area (Å²) in [5.74, 6) is -1.88. The molecular formula is C22H19F3N2O6. The van der Waals surface area contributed by atoms with Crippen molar-refractivity contribution >= 4 is 11.9 Å². The van der Waals surface area contributed by atoms with E-state index in [9.17, 15) is 22.8 Å². The largest absolute Gasteiger partial charge is 0.493 e. The highest BCUT2D eigenvalue weighted by Gasteiger charge is 2.32. The van der Waals surface area contributed by atoms with E-state index in [4.69, 9.17) is 18.9 Å². The molecule has 0 spiro atoms. The number of alkyl halides is 3. The van der Waals surface area contributed by atoms with Crippen molar-refractivity contribution in [1.82, 2.24) is 9.78 Å². The smallest absolute Gasteiger partial charge is 0.422 e. The van der Waals surface area contributed by atoms with Crippen molar-refractivity contribution < 1.29 is 41.7 Å². The third-order valence-corrected chi connectivity index (χ3v) is 4.48. The molecule has 0 aliphatic heterocycles. The fraction of sp³-hybridized carbons (Fsp3) is 0.227. The minimum Gasteiger partial charge on any atom is -0.493 e. The van der Waals surface area contributed by atoms with Crippen LogP contribution in [0.3, 0.4) is 0 Å². The van der Waals surface area contributed by atoms with Crippen LogP contribution in [-0.4, -0.2) is 55.8 Å². The fourth-order valence-corrected chi connectivity index (χ4v) is 3.05. The molecule has 1 aromatic heterocycles. The van der Waals surface area contributed by atoms with Gasteiger partial charge in [-0.1, -0.05) is 18.2 Å². The van der Waals surface area contributed by atoms with E-state index in [1.807, 2.05) is 0 Å². The Balaban J connectivity index is 2.21. The Bertz CT molecular complexity index is 1160. The molecule has 1 heterocycles. The van der Waals surface area contributed by atoms with Crippen LogP contribution in [0.1, 0.15) is 20.8 Å². The number of esters is 2. The first kappa shape index (κ1) is 23.6. The molecule has 3 aromatic rings. The standard InChI is InChI=1S/C22H19F3N2O6/c1-30-16-11-13(9-10-15(16)33-12-22(23,24)25)18-17(20(28)31-2)19(21(29)32-3)27(26-18)14-7-5-4-6-8-14/h4-11H,12H2,1-3H3. The molecule has 0 atom stereocenters. The van der Waals surface area contributed by atoms with Crippen LogP contribution in [-0.2, 0) is 9.47 Å². The lowest BCUT2D eigenvalue weighted by atomic mass is 10.0. The maximum atomic E-state index is 12.7. The molecule has 3 rings (SSSR count). The zero-order valence-corrected chi connectivity index (χ0v) is 17.8. The van der Waals surface area contributed by atoms with Crippen LogP contribution in [0, 0.1) is 0 Å². The van der Waals surface area contributed by atoms with E-state index in [2.05, 4.69) is 5.10 Å². The van der Waals surface area contributed by atoms with Crippen LogP contribution in [0.25, 0.3) is 16.9 Å². The van der Waals surface area contributed by atoms with Crippen molar-refractivity contribution in [2.24, 2.45) is 0 Å². The number of methoxy groups -OCH3 is 3. The van der Waals surface area contributed by atoms with Crippen molar-refractivity contribution in [1.29, 1.82) is 0 Å². The molecule has 174 valence electrons. The van der Waals surface area contributed by atoms with E-state index in [1.54, 1.807) is 30.3 Å². The Kier molecular flexibility index (Phi) is 6.90. The summed E-state index contributed by atoms with van der Waals surface area (Å²) in [5, 5.41) is 4.42. The molecule has 0 saturated heterocycles. The van der Waals surface area contributed by atoms with Crippen LogP contribution in [0.5, 0.6) is 11.5 Å². The second-order valence-corrected chi connectivity index (χ2v) is 6.57. The quantitative estimate of drug-likeness (QED) is 0.487. The first-order chi connectivity index (χ1) is 15.7. The zero-order valence-electron chi connectivity index (χ0n) is 17.8. The number of carbonyl (C=O) groups is 2. The molecular weight excluding hydrogens is 445 g/mol. The number of para-hydroxylation sites is 1. The van der Waals surface area contributed by atoms with Crippen molar-refractivity contribution in [3.8, 4) is 28.4 Å². The van der Waals surface area contributed by atoms with Gasteiger partial charge in [0.25, 0.3) is 0 Å². The third kappa shape index (κ3) is 5.08. The number of hydrogen-bond acceptors (Lipinski definition) is 7. The Morgan fingerprint density at radius 2 is 1.61 bits per heavy atom. The van der Waals surface area contributed by atoms with Crippen LogP contribution >= 0.6 is 0 Å². The number of halogens is 3. The van der Waals surface area contributed by atoms with Gasteiger partial charge in [-0.05, 0) is 30.3 Å². The predicted molar refractivity (Wildman–Crippen MR) is 110 cm³/mol. The Hall–Kier alpha value is -4.02. The van der Waals surface area contributed by atoms with Gasteiger partial charge in [0.15, 0.2) is 23.8 Å². The molecule has 33 heavy (non-hydrogen) atoms. The lowest BCUT2D eigenvalue weighted by Crippen LogP contribution is -2.19. The highest BCUT2D eigenvalue weighted by Crippen LogP contribution is 2.36. The summed E-state index contributed by atoms with van der Waals surface area (Å²) in [5.41, 5.74) is 0.408. The molecule has 0 saturated carbocycles. The summed E-state index contributed by atoms with van der Waals surface area (Å²) in [4.78, 5) is 25.3. The van der Waals surface area contributed by atoms with E-state index in [1.165, 1.54) is 30.0 Å². The van der Waals surface area contributed by atoms with Crippen LogP contribution in [0.4, 0.5) is 13.2 Å². The highest BCUT2D eigenvalue weighted by molar-refractivity contribution is 6.06. The van der Waals surface area contributed by atoms with Crippen LogP contribution in [0.15, 0.2) is 48.5 Å². The average Bonchev–Trinajstić information content (AvgIpc) is 3.22. The summed E-state index contributed by atoms with van der Waals surface area (Å²) < 4.78 is 58.5. The molecule has 0 fully saturated rings. The topological polar surface area (TPSA) is 88.9 Å². The second kappa shape index (κ2) is 9.63. The Labute approximate surface area is 186 Å². The van der Waals surface area contributed by atoms with Crippen molar-refractivity contribution in [2.45, 2.75) is 6.18 Å². The van der Waals surface area contributed by atoms with Gasteiger partial charge in [0.2, 0.25) is 0 Å². The highest BCUT2D eigenvalue weighted by atomic mass is 19.4. The van der Waals surface area contributed by atoms with Gasteiger partial charge in [0.1, 0.15) is 11.3 Å². The molecule has 0 amide bonds. The SMILES string of the molecule is COC(=O)c1c(-c2ccc(OCC(F)(F)F)c(OC)c2)nn(-c2ccccc2)c1C(=O)OC. The fourth-order valence-electron chi connectivity index (χ4n) is 3.05. The van der Waals surface area contributed by atoms with Crippen LogP contribution < -0.4 is 9.47 Å². The van der Waals surface area contributed by atoms with Crippen molar-refractivity contribution in [2.75, 3.05) is 27.9 Å². The number of carbonyl (C=O) groups excluding carboxylic acids is 2. The number of hydrogen-bond donors (Lipinski definition) is 0. The molecule has 0 aliphatic carbocycles. The number of aromatic nitrogens is 2.